The molecular formula is C17H17FN6OS. The highest BCUT2D eigenvalue weighted by molar-refractivity contribution is 7.16. The Kier molecular flexibility index (Phi) is 4.37. The minimum atomic E-state index is -0.295. The highest BCUT2D eigenvalue weighted by Crippen LogP contribution is 2.22. The normalized spacial score (nSPS) is 11.5. The minimum Gasteiger partial charge on any atom is -0.486 e. The van der Waals surface area contributed by atoms with Crippen LogP contribution in [-0.2, 0) is 13.0 Å². The van der Waals surface area contributed by atoms with Crippen molar-refractivity contribution >= 4 is 16.3 Å². The molecule has 4 rings (SSSR count). The maximum atomic E-state index is 12.9. The zero-order valence-electron chi connectivity index (χ0n) is 14.3. The highest BCUT2D eigenvalue weighted by Gasteiger charge is 2.16. The topological polar surface area (TPSA) is 81.0 Å². The molecule has 3 heterocycles. The lowest BCUT2D eigenvalue weighted by Gasteiger charge is -2.02. The number of hydrogen-bond acceptors (Lipinski definition) is 6. The van der Waals surface area contributed by atoms with Crippen molar-refractivity contribution in [1.82, 2.24) is 30.0 Å². The molecule has 9 heteroatoms. The Hall–Kier alpha value is -2.81. The molecule has 0 saturated carbocycles. The Bertz CT molecular complexity index is 1020. The van der Waals surface area contributed by atoms with Gasteiger partial charge >= 0.3 is 0 Å². The van der Waals surface area contributed by atoms with Gasteiger partial charge in [-0.2, -0.15) is 14.7 Å². The van der Waals surface area contributed by atoms with Gasteiger partial charge in [0.15, 0.2) is 5.01 Å². The van der Waals surface area contributed by atoms with Gasteiger partial charge in [-0.15, -0.1) is 10.2 Å². The summed E-state index contributed by atoms with van der Waals surface area (Å²) in [7, 11) is 0. The van der Waals surface area contributed by atoms with Crippen LogP contribution in [-0.4, -0.2) is 30.0 Å². The van der Waals surface area contributed by atoms with Crippen LogP contribution < -0.4 is 4.74 Å². The van der Waals surface area contributed by atoms with Crippen LogP contribution in [0.5, 0.6) is 5.75 Å². The lowest BCUT2D eigenvalue weighted by atomic mass is 10.1. The zero-order valence-corrected chi connectivity index (χ0v) is 15.1. The maximum Gasteiger partial charge on any atom is 0.235 e. The van der Waals surface area contributed by atoms with Crippen LogP contribution in [0, 0.1) is 11.7 Å². The first-order valence-electron chi connectivity index (χ1n) is 8.22. The van der Waals surface area contributed by atoms with Crippen LogP contribution in [0.15, 0.2) is 30.3 Å². The molecule has 7 nitrogen and oxygen atoms in total. The summed E-state index contributed by atoms with van der Waals surface area (Å²) in [6.45, 7) is 4.59. The highest BCUT2D eigenvalue weighted by atomic mass is 32.1. The molecule has 0 aliphatic heterocycles. The van der Waals surface area contributed by atoms with E-state index in [2.05, 4.69) is 39.3 Å². The van der Waals surface area contributed by atoms with Crippen LogP contribution >= 0.6 is 11.3 Å². The predicted molar refractivity (Wildman–Crippen MR) is 95.5 cm³/mol. The van der Waals surface area contributed by atoms with Gasteiger partial charge in [-0.3, -0.25) is 5.10 Å². The summed E-state index contributed by atoms with van der Waals surface area (Å²) in [4.78, 5) is 0.672. The van der Waals surface area contributed by atoms with Crippen molar-refractivity contribution in [2.45, 2.75) is 26.9 Å². The van der Waals surface area contributed by atoms with Crippen molar-refractivity contribution in [3.05, 3.63) is 46.9 Å². The predicted octanol–water partition coefficient (Wildman–Crippen LogP) is 3.49. The van der Waals surface area contributed by atoms with E-state index in [0.29, 0.717) is 28.1 Å². The fraction of sp³-hybridized carbons (Fsp3) is 0.294. The molecule has 0 amide bonds. The summed E-state index contributed by atoms with van der Waals surface area (Å²) in [5.41, 5.74) is 1.77. The van der Waals surface area contributed by atoms with Gasteiger partial charge in [0.05, 0.1) is 0 Å². The second-order valence-corrected chi connectivity index (χ2v) is 7.37. The molecule has 0 radical (unpaired) electrons. The maximum absolute atomic E-state index is 12.9. The first-order valence-corrected chi connectivity index (χ1v) is 9.04. The number of ether oxygens (including phenoxy) is 1. The number of nitrogens with one attached hydrogen (secondary N) is 1. The van der Waals surface area contributed by atoms with E-state index in [1.807, 2.05) is 6.07 Å². The lowest BCUT2D eigenvalue weighted by molar-refractivity contribution is 0.303. The Labute approximate surface area is 152 Å². The molecule has 0 unspecified atom stereocenters. The number of aromatic amines is 1. The van der Waals surface area contributed by atoms with Crippen molar-refractivity contribution in [2.24, 2.45) is 5.92 Å². The molecule has 0 atom stereocenters. The molecular weight excluding hydrogens is 355 g/mol. The van der Waals surface area contributed by atoms with Gasteiger partial charge in [-0.1, -0.05) is 25.2 Å². The van der Waals surface area contributed by atoms with E-state index >= 15 is 0 Å². The smallest absolute Gasteiger partial charge is 0.235 e. The van der Waals surface area contributed by atoms with Crippen LogP contribution in [0.4, 0.5) is 4.39 Å². The van der Waals surface area contributed by atoms with Gasteiger partial charge in [-0.05, 0) is 42.7 Å². The van der Waals surface area contributed by atoms with E-state index in [9.17, 15) is 4.39 Å². The van der Waals surface area contributed by atoms with Gasteiger partial charge in [0.25, 0.3) is 0 Å². The third kappa shape index (κ3) is 3.43. The Morgan fingerprint density at radius 2 is 2.04 bits per heavy atom. The number of halogens is 1. The summed E-state index contributed by atoms with van der Waals surface area (Å²) in [6.07, 6.45) is 0.919. The molecule has 26 heavy (non-hydrogen) atoms. The van der Waals surface area contributed by atoms with Crippen molar-refractivity contribution in [2.75, 3.05) is 0 Å². The van der Waals surface area contributed by atoms with Crippen LogP contribution in [0.1, 0.15) is 24.5 Å². The monoisotopic (exact) mass is 372 g/mol. The average molecular weight is 372 g/mol. The van der Waals surface area contributed by atoms with Crippen molar-refractivity contribution in [1.29, 1.82) is 0 Å². The van der Waals surface area contributed by atoms with Gasteiger partial charge in [0, 0.05) is 5.69 Å². The van der Waals surface area contributed by atoms with Crippen molar-refractivity contribution < 1.29 is 9.13 Å². The summed E-state index contributed by atoms with van der Waals surface area (Å²) in [5.74, 6) is 1.42. The van der Waals surface area contributed by atoms with Gasteiger partial charge in [0.2, 0.25) is 10.8 Å². The molecule has 4 aromatic rings. The van der Waals surface area contributed by atoms with Crippen molar-refractivity contribution in [3.8, 4) is 17.3 Å². The van der Waals surface area contributed by atoms with E-state index < -0.39 is 0 Å². The number of hydrogen-bond donors (Lipinski definition) is 1. The van der Waals surface area contributed by atoms with Crippen LogP contribution in [0.3, 0.4) is 0 Å². The Balaban J connectivity index is 1.53. The number of rotatable bonds is 6. The first-order chi connectivity index (χ1) is 12.6. The standard InChI is InChI=1S/C17H17FN6OS/c1-10(2)7-12-8-14(20-19-12)16-21-22-17-24(16)23-15(26-17)9-25-13-5-3-11(18)4-6-13/h3-6,8,10H,7,9H2,1-2H3,(H,19,20). The van der Waals surface area contributed by atoms with Gasteiger partial charge < -0.3 is 4.74 Å². The van der Waals surface area contributed by atoms with E-state index in [1.54, 1.807) is 16.6 Å². The molecule has 0 aliphatic rings. The first kappa shape index (κ1) is 16.6. The van der Waals surface area contributed by atoms with E-state index in [-0.39, 0.29) is 12.4 Å². The molecule has 0 fully saturated rings. The van der Waals surface area contributed by atoms with Gasteiger partial charge in [-0.25, -0.2) is 4.39 Å². The summed E-state index contributed by atoms with van der Waals surface area (Å²) in [5, 5.41) is 21.0. The van der Waals surface area contributed by atoms with Gasteiger partial charge in [0.1, 0.15) is 23.9 Å². The minimum absolute atomic E-state index is 0.276. The molecule has 0 saturated heterocycles. The molecule has 0 spiro atoms. The molecule has 1 aromatic carbocycles. The lowest BCUT2D eigenvalue weighted by Crippen LogP contribution is -1.97. The average Bonchev–Trinajstić information content (AvgIpc) is 3.29. The Morgan fingerprint density at radius 3 is 2.81 bits per heavy atom. The van der Waals surface area contributed by atoms with E-state index in [0.717, 1.165) is 17.1 Å². The second kappa shape index (κ2) is 6.83. The number of nitrogens with zero attached hydrogens (tertiary/aromatic N) is 5. The fourth-order valence-corrected chi connectivity index (χ4v) is 3.32. The zero-order chi connectivity index (χ0) is 18.1. The SMILES string of the molecule is CC(C)Cc1cc(-c2nnc3sc(COc4ccc(F)cc4)nn23)n[nH]1. The summed E-state index contributed by atoms with van der Waals surface area (Å²) in [6, 6.07) is 7.86. The number of fused-ring (bicyclic) bond motifs is 1. The van der Waals surface area contributed by atoms with Crippen LogP contribution in [0.2, 0.25) is 0 Å². The van der Waals surface area contributed by atoms with E-state index in [1.165, 1.54) is 23.5 Å². The fourth-order valence-electron chi connectivity index (χ4n) is 2.57. The summed E-state index contributed by atoms with van der Waals surface area (Å²) >= 11 is 1.39. The third-order valence-corrected chi connectivity index (χ3v) is 4.57. The number of benzene rings is 1. The third-order valence-electron chi connectivity index (χ3n) is 3.70. The largest absolute Gasteiger partial charge is 0.486 e. The van der Waals surface area contributed by atoms with Crippen molar-refractivity contribution in [3.63, 3.8) is 0 Å². The molecule has 0 bridgehead atoms. The Morgan fingerprint density at radius 1 is 1.23 bits per heavy atom. The van der Waals surface area contributed by atoms with E-state index in [4.69, 9.17) is 4.74 Å². The molecule has 134 valence electrons. The molecule has 3 aromatic heterocycles. The van der Waals surface area contributed by atoms with Crippen LogP contribution in [0.25, 0.3) is 16.5 Å². The molecule has 0 aliphatic carbocycles. The molecule has 1 N–H and O–H groups in total. The number of aromatic nitrogens is 6. The number of H-pyrrole nitrogens is 1. The summed E-state index contributed by atoms with van der Waals surface area (Å²) < 4.78 is 20.2. The second-order valence-electron chi connectivity index (χ2n) is 6.33. The quantitative estimate of drug-likeness (QED) is 0.560.